The number of carbonyl (C=O) groups excluding carboxylic acids is 1. The second-order valence-electron chi connectivity index (χ2n) is 12.2. The molecule has 2 bridgehead atoms. The zero-order valence-electron chi connectivity index (χ0n) is 19.8. The zero-order chi connectivity index (χ0) is 22.5. The summed E-state index contributed by atoms with van der Waals surface area (Å²) in [5, 5.41) is 23.8. The Morgan fingerprint density at radius 1 is 1.16 bits per heavy atom. The third-order valence-corrected chi connectivity index (χ3v) is 10.2. The molecule has 0 spiro atoms. The highest BCUT2D eigenvalue weighted by atomic mass is 16.3. The minimum absolute atomic E-state index is 0.253. The molecule has 0 radical (unpaired) electrons. The van der Waals surface area contributed by atoms with E-state index in [-0.39, 0.29) is 17.7 Å². The molecule has 0 aliphatic heterocycles. The summed E-state index contributed by atoms with van der Waals surface area (Å²) in [6, 6.07) is 2.09. The van der Waals surface area contributed by atoms with Crippen LogP contribution in [0.2, 0.25) is 0 Å². The van der Waals surface area contributed by atoms with Gasteiger partial charge in [-0.15, -0.1) is 0 Å². The maximum absolute atomic E-state index is 12.9. The lowest BCUT2D eigenvalue weighted by Crippen LogP contribution is -2.39. The first-order valence-electron chi connectivity index (χ1n) is 12.9. The van der Waals surface area contributed by atoms with Gasteiger partial charge in [0.25, 0.3) is 0 Å². The molecular formula is C27H39N3O2. The number of ketones is 1. The van der Waals surface area contributed by atoms with Crippen LogP contribution in [0.1, 0.15) is 90.0 Å². The van der Waals surface area contributed by atoms with E-state index in [1.807, 2.05) is 6.92 Å². The molecule has 1 heterocycles. The minimum Gasteiger partial charge on any atom is -0.390 e. The minimum atomic E-state index is -0.453. The van der Waals surface area contributed by atoms with Crippen LogP contribution in [0.15, 0.2) is 12.4 Å². The van der Waals surface area contributed by atoms with Crippen molar-refractivity contribution in [2.45, 2.75) is 96.6 Å². The topological polar surface area (TPSA) is 78.9 Å². The van der Waals surface area contributed by atoms with Gasteiger partial charge in [-0.05, 0) is 112 Å². The molecule has 0 amide bonds. The van der Waals surface area contributed by atoms with Crippen molar-refractivity contribution in [2.75, 3.05) is 0 Å². The van der Waals surface area contributed by atoms with E-state index in [4.69, 9.17) is 5.26 Å². The highest BCUT2D eigenvalue weighted by molar-refractivity contribution is 5.78. The quantitative estimate of drug-likeness (QED) is 0.709. The van der Waals surface area contributed by atoms with E-state index in [0.29, 0.717) is 23.8 Å². The molecule has 4 saturated carbocycles. The third kappa shape index (κ3) is 4.04. The van der Waals surface area contributed by atoms with Gasteiger partial charge in [0.2, 0.25) is 0 Å². The zero-order valence-corrected chi connectivity index (χ0v) is 19.8. The van der Waals surface area contributed by atoms with Gasteiger partial charge in [-0.3, -0.25) is 9.48 Å². The lowest BCUT2D eigenvalue weighted by Gasteiger charge is -2.43. The van der Waals surface area contributed by atoms with E-state index in [1.165, 1.54) is 57.6 Å². The van der Waals surface area contributed by atoms with Crippen LogP contribution in [0.3, 0.4) is 0 Å². The van der Waals surface area contributed by atoms with Crippen molar-refractivity contribution in [3.63, 3.8) is 0 Å². The molecule has 32 heavy (non-hydrogen) atoms. The first kappa shape index (κ1) is 22.1. The van der Waals surface area contributed by atoms with E-state index in [1.54, 1.807) is 10.9 Å². The van der Waals surface area contributed by atoms with Gasteiger partial charge in [0.15, 0.2) is 5.78 Å². The van der Waals surface area contributed by atoms with Crippen LogP contribution in [0.4, 0.5) is 0 Å². The fraction of sp³-hybridized carbons (Fsp3) is 0.815. The van der Waals surface area contributed by atoms with Crippen LogP contribution >= 0.6 is 0 Å². The summed E-state index contributed by atoms with van der Waals surface area (Å²) in [6.07, 6.45) is 16.0. The molecule has 1 aromatic rings. The van der Waals surface area contributed by atoms with Crippen LogP contribution in [0, 0.1) is 52.3 Å². The Bertz CT molecular complexity index is 899. The summed E-state index contributed by atoms with van der Waals surface area (Å²) >= 11 is 0. The summed E-state index contributed by atoms with van der Waals surface area (Å²) < 4.78 is 1.62. The highest BCUT2D eigenvalue weighted by Gasteiger charge is 2.54. The summed E-state index contributed by atoms with van der Waals surface area (Å²) in [7, 11) is 0. The van der Waals surface area contributed by atoms with Crippen LogP contribution in [0.25, 0.3) is 0 Å². The first-order chi connectivity index (χ1) is 15.3. The number of aromatic nitrogens is 2. The van der Waals surface area contributed by atoms with E-state index in [9.17, 15) is 9.90 Å². The Morgan fingerprint density at radius 2 is 1.97 bits per heavy atom. The normalized spacial score (nSPS) is 43.4. The maximum atomic E-state index is 12.9. The van der Waals surface area contributed by atoms with Crippen molar-refractivity contribution >= 4 is 5.78 Å². The average molecular weight is 438 g/mol. The van der Waals surface area contributed by atoms with Crippen molar-refractivity contribution < 1.29 is 9.90 Å². The van der Waals surface area contributed by atoms with E-state index >= 15 is 0 Å². The molecule has 0 aromatic carbocycles. The van der Waals surface area contributed by atoms with Crippen LogP contribution < -0.4 is 0 Å². The molecule has 8 atom stereocenters. The molecule has 0 saturated heterocycles. The Labute approximate surface area is 192 Å². The van der Waals surface area contributed by atoms with Gasteiger partial charge < -0.3 is 5.11 Å². The van der Waals surface area contributed by atoms with Gasteiger partial charge in [0.1, 0.15) is 6.07 Å². The first-order valence-corrected chi connectivity index (χ1v) is 12.9. The number of rotatable bonds is 4. The number of nitrogens with zero attached hydrogens (tertiary/aromatic N) is 3. The number of hydrogen-bond donors (Lipinski definition) is 1. The fourth-order valence-electron chi connectivity index (χ4n) is 8.64. The standard InChI is InChI=1S/C27H39N3O2/c1-26(32)9-8-24-19-7-10-27(2)22(12-23(31)17-30-16-18(14-28)15-29-30)5-6-25(27)20(11-19)3-4-21(24)13-26/h15-16,19-22,24-25,32H,3-13,17H2,1-2H3/t19-,20+,21+,22+,24+,25-,26+,27+/m0/s1. The van der Waals surface area contributed by atoms with Gasteiger partial charge in [-0.1, -0.05) is 6.92 Å². The Balaban J connectivity index is 1.28. The molecule has 4 fully saturated rings. The molecule has 4 aliphatic carbocycles. The second-order valence-corrected chi connectivity index (χ2v) is 12.2. The lowest BCUT2D eigenvalue weighted by atomic mass is 9.63. The maximum Gasteiger partial charge on any atom is 0.154 e. The van der Waals surface area contributed by atoms with E-state index < -0.39 is 5.60 Å². The van der Waals surface area contributed by atoms with Crippen LogP contribution in [-0.2, 0) is 11.3 Å². The van der Waals surface area contributed by atoms with Crippen molar-refractivity contribution in [1.29, 1.82) is 5.26 Å². The summed E-state index contributed by atoms with van der Waals surface area (Å²) in [6.45, 7) is 4.84. The molecular weight excluding hydrogens is 398 g/mol. The molecule has 5 heteroatoms. The second kappa shape index (κ2) is 8.28. The fourth-order valence-corrected chi connectivity index (χ4v) is 8.64. The Hall–Kier alpha value is -1.67. The predicted octanol–water partition coefficient (Wildman–Crippen LogP) is 5.12. The number of nitriles is 1. The van der Waals surface area contributed by atoms with Crippen molar-refractivity contribution in [2.24, 2.45) is 40.9 Å². The van der Waals surface area contributed by atoms with Gasteiger partial charge in [-0.25, -0.2) is 0 Å². The molecule has 174 valence electrons. The van der Waals surface area contributed by atoms with Crippen molar-refractivity contribution in [3.05, 3.63) is 18.0 Å². The number of Topliss-reactive ketones (excluding diaryl/α,β-unsaturated/α-hetero) is 1. The van der Waals surface area contributed by atoms with Gasteiger partial charge in [0, 0.05) is 12.6 Å². The SMILES string of the molecule is C[C@@]1(O)CC[C@H]2[C@H](CC[C@@H]3C[C@@H]2CC[C@]2(C)[C@@H](CC(=O)Cn4cc(C#N)cn4)CC[C@@H]32)C1. The number of hydrogen-bond acceptors (Lipinski definition) is 4. The molecule has 5 nitrogen and oxygen atoms in total. The molecule has 5 rings (SSSR count). The molecule has 0 unspecified atom stereocenters. The Kier molecular flexibility index (Phi) is 5.73. The van der Waals surface area contributed by atoms with Crippen LogP contribution in [0.5, 0.6) is 0 Å². The van der Waals surface area contributed by atoms with E-state index in [2.05, 4.69) is 18.1 Å². The van der Waals surface area contributed by atoms with Gasteiger partial charge in [0.05, 0.1) is 23.9 Å². The smallest absolute Gasteiger partial charge is 0.154 e. The average Bonchev–Trinajstić information content (AvgIpc) is 3.23. The predicted molar refractivity (Wildman–Crippen MR) is 122 cm³/mol. The van der Waals surface area contributed by atoms with Crippen molar-refractivity contribution in [3.8, 4) is 6.07 Å². The molecule has 4 aliphatic rings. The van der Waals surface area contributed by atoms with E-state index in [0.717, 1.165) is 36.5 Å². The summed E-state index contributed by atoms with van der Waals surface area (Å²) in [4.78, 5) is 12.9. The number of carbonyl (C=O) groups is 1. The van der Waals surface area contributed by atoms with Gasteiger partial charge >= 0.3 is 0 Å². The van der Waals surface area contributed by atoms with Crippen molar-refractivity contribution in [1.82, 2.24) is 9.78 Å². The third-order valence-electron chi connectivity index (χ3n) is 10.2. The summed E-state index contributed by atoms with van der Waals surface area (Å²) in [5.74, 6) is 4.61. The lowest BCUT2D eigenvalue weighted by molar-refractivity contribution is -0.121. The molecule has 1 aromatic heterocycles. The highest BCUT2D eigenvalue weighted by Crippen LogP contribution is 2.62. The Morgan fingerprint density at radius 3 is 2.75 bits per heavy atom. The number of aliphatic hydroxyl groups is 1. The monoisotopic (exact) mass is 437 g/mol. The van der Waals surface area contributed by atoms with Gasteiger partial charge in [-0.2, -0.15) is 10.4 Å². The summed E-state index contributed by atoms with van der Waals surface area (Å²) in [5.41, 5.74) is 0.343. The molecule has 1 N–H and O–H groups in total. The van der Waals surface area contributed by atoms with Crippen LogP contribution in [-0.4, -0.2) is 26.3 Å². The number of fused-ring (bicyclic) bond motifs is 6. The largest absolute Gasteiger partial charge is 0.390 e.